The minimum atomic E-state index is 0.796. The summed E-state index contributed by atoms with van der Waals surface area (Å²) in [6.07, 6.45) is 0. The Hall–Kier alpha value is -0.520. The molecule has 0 unspecified atom stereocenters. The highest BCUT2D eigenvalue weighted by Gasteiger charge is 2.04. The molecule has 1 N–H and O–H groups in total. The number of ether oxygens (including phenoxy) is 1. The summed E-state index contributed by atoms with van der Waals surface area (Å²) in [7, 11) is 1.67. The molecule has 0 aliphatic rings. The molecule has 1 aromatic carbocycles. The highest BCUT2D eigenvalue weighted by Crippen LogP contribution is 2.29. The van der Waals surface area contributed by atoms with Crippen LogP contribution in [0, 0.1) is 0 Å². The van der Waals surface area contributed by atoms with Crippen molar-refractivity contribution in [1.29, 1.82) is 0 Å². The summed E-state index contributed by atoms with van der Waals surface area (Å²) < 4.78 is 7.38. The maximum atomic E-state index is 5.20. The molecular formula is C12H11Br2NOS. The van der Waals surface area contributed by atoms with Crippen molar-refractivity contribution in [3.63, 3.8) is 0 Å². The molecule has 90 valence electrons. The molecule has 2 rings (SSSR count). The van der Waals surface area contributed by atoms with Gasteiger partial charge in [-0.25, -0.2) is 0 Å². The van der Waals surface area contributed by atoms with E-state index in [1.807, 2.05) is 18.2 Å². The van der Waals surface area contributed by atoms with Crippen LogP contribution in [-0.2, 0) is 6.54 Å². The summed E-state index contributed by atoms with van der Waals surface area (Å²) in [5, 5.41) is 5.46. The number of anilines is 1. The first kappa shape index (κ1) is 12.9. The lowest BCUT2D eigenvalue weighted by molar-refractivity contribution is 0.415. The van der Waals surface area contributed by atoms with Crippen molar-refractivity contribution >= 4 is 48.9 Å². The van der Waals surface area contributed by atoms with Crippen LogP contribution in [0.3, 0.4) is 0 Å². The predicted molar refractivity (Wildman–Crippen MR) is 80.0 cm³/mol. The van der Waals surface area contributed by atoms with Crippen LogP contribution in [-0.4, -0.2) is 7.11 Å². The molecule has 5 heteroatoms. The second-order valence-electron chi connectivity index (χ2n) is 3.39. The van der Waals surface area contributed by atoms with Gasteiger partial charge in [-0.3, -0.25) is 0 Å². The van der Waals surface area contributed by atoms with Gasteiger partial charge >= 0.3 is 0 Å². The minimum absolute atomic E-state index is 0.796. The number of hydrogen-bond acceptors (Lipinski definition) is 3. The van der Waals surface area contributed by atoms with E-state index >= 15 is 0 Å². The molecule has 0 saturated heterocycles. The summed E-state index contributed by atoms with van der Waals surface area (Å²) >= 11 is 8.77. The van der Waals surface area contributed by atoms with Crippen molar-refractivity contribution in [2.45, 2.75) is 6.54 Å². The lowest BCUT2D eigenvalue weighted by atomic mass is 10.3. The second kappa shape index (κ2) is 5.89. The monoisotopic (exact) mass is 375 g/mol. The summed E-state index contributed by atoms with van der Waals surface area (Å²) in [6.45, 7) is 0.796. The molecule has 0 atom stereocenters. The number of benzene rings is 1. The van der Waals surface area contributed by atoms with E-state index in [9.17, 15) is 0 Å². The van der Waals surface area contributed by atoms with E-state index in [2.05, 4.69) is 48.6 Å². The van der Waals surface area contributed by atoms with Gasteiger partial charge in [0.1, 0.15) is 5.75 Å². The molecule has 2 aromatic rings. The molecule has 0 saturated carbocycles. The van der Waals surface area contributed by atoms with Crippen LogP contribution in [0.2, 0.25) is 0 Å². The van der Waals surface area contributed by atoms with Crippen molar-refractivity contribution < 1.29 is 4.74 Å². The zero-order chi connectivity index (χ0) is 12.3. The van der Waals surface area contributed by atoms with Crippen LogP contribution < -0.4 is 10.1 Å². The highest BCUT2D eigenvalue weighted by molar-refractivity contribution is 9.11. The molecule has 0 aliphatic heterocycles. The van der Waals surface area contributed by atoms with E-state index in [1.165, 1.54) is 4.88 Å². The van der Waals surface area contributed by atoms with E-state index in [1.54, 1.807) is 18.4 Å². The van der Waals surface area contributed by atoms with Crippen LogP contribution in [0.1, 0.15) is 4.88 Å². The minimum Gasteiger partial charge on any atom is -0.497 e. The third-order valence-corrected chi connectivity index (χ3v) is 4.92. The fourth-order valence-electron chi connectivity index (χ4n) is 1.39. The average molecular weight is 377 g/mol. The molecule has 0 bridgehead atoms. The van der Waals surface area contributed by atoms with Crippen LogP contribution in [0.25, 0.3) is 0 Å². The summed E-state index contributed by atoms with van der Waals surface area (Å²) in [6, 6.07) is 7.94. The lowest BCUT2D eigenvalue weighted by Crippen LogP contribution is -1.99. The van der Waals surface area contributed by atoms with Gasteiger partial charge in [-0.15, -0.1) is 11.3 Å². The van der Waals surface area contributed by atoms with Gasteiger partial charge in [0, 0.05) is 19.9 Å². The fourth-order valence-corrected chi connectivity index (χ4v) is 3.21. The van der Waals surface area contributed by atoms with Crippen LogP contribution in [0.4, 0.5) is 5.69 Å². The van der Waals surface area contributed by atoms with Crippen molar-refractivity contribution in [2.24, 2.45) is 0 Å². The molecule has 0 aliphatic carbocycles. The molecule has 0 radical (unpaired) electrons. The van der Waals surface area contributed by atoms with Gasteiger partial charge in [0.05, 0.1) is 19.3 Å². The smallest absolute Gasteiger partial charge is 0.121 e. The Morgan fingerprint density at radius 3 is 2.71 bits per heavy atom. The maximum absolute atomic E-state index is 5.20. The number of thiophene rings is 1. The van der Waals surface area contributed by atoms with Gasteiger partial charge in [-0.05, 0) is 55.4 Å². The Labute approximate surface area is 121 Å². The third kappa shape index (κ3) is 3.24. The molecule has 1 heterocycles. The topological polar surface area (TPSA) is 21.3 Å². The van der Waals surface area contributed by atoms with E-state index < -0.39 is 0 Å². The fraction of sp³-hybridized carbons (Fsp3) is 0.167. The molecule has 1 aromatic heterocycles. The van der Waals surface area contributed by atoms with Crippen molar-refractivity contribution in [1.82, 2.24) is 0 Å². The molecular weight excluding hydrogens is 366 g/mol. The Morgan fingerprint density at radius 1 is 1.24 bits per heavy atom. The maximum Gasteiger partial charge on any atom is 0.121 e. The first-order valence-electron chi connectivity index (χ1n) is 5.00. The van der Waals surface area contributed by atoms with Crippen molar-refractivity contribution in [3.05, 3.63) is 43.5 Å². The van der Waals surface area contributed by atoms with Crippen LogP contribution in [0.5, 0.6) is 5.75 Å². The number of rotatable bonds is 4. The quantitative estimate of drug-likeness (QED) is 0.819. The van der Waals surface area contributed by atoms with E-state index in [0.717, 1.165) is 26.9 Å². The Morgan fingerprint density at radius 2 is 2.06 bits per heavy atom. The standard InChI is InChI=1S/C12H11Br2NOS/c1-16-8-2-3-9(13)11(6-8)15-7-12-10(14)4-5-17-12/h2-6,15H,7H2,1H3. The molecule has 0 spiro atoms. The van der Waals surface area contributed by atoms with Gasteiger partial charge in [-0.2, -0.15) is 0 Å². The molecule has 0 amide bonds. The van der Waals surface area contributed by atoms with Gasteiger partial charge in [0.15, 0.2) is 0 Å². The number of halogens is 2. The lowest BCUT2D eigenvalue weighted by Gasteiger charge is -2.09. The van der Waals surface area contributed by atoms with E-state index in [-0.39, 0.29) is 0 Å². The number of hydrogen-bond donors (Lipinski definition) is 1. The van der Waals surface area contributed by atoms with Gasteiger partial charge in [0.2, 0.25) is 0 Å². The summed E-state index contributed by atoms with van der Waals surface area (Å²) in [5.41, 5.74) is 1.03. The van der Waals surface area contributed by atoms with E-state index in [0.29, 0.717) is 0 Å². The molecule has 0 fully saturated rings. The summed E-state index contributed by atoms with van der Waals surface area (Å²) in [4.78, 5) is 1.28. The molecule has 17 heavy (non-hydrogen) atoms. The van der Waals surface area contributed by atoms with Crippen molar-refractivity contribution in [2.75, 3.05) is 12.4 Å². The van der Waals surface area contributed by atoms with E-state index in [4.69, 9.17) is 4.74 Å². The zero-order valence-electron chi connectivity index (χ0n) is 9.17. The first-order valence-corrected chi connectivity index (χ1v) is 7.46. The second-order valence-corrected chi connectivity index (χ2v) is 6.10. The predicted octanol–water partition coefficient (Wildman–Crippen LogP) is 4.89. The number of nitrogens with one attached hydrogen (secondary N) is 1. The van der Waals surface area contributed by atoms with Crippen LogP contribution >= 0.6 is 43.2 Å². The normalized spacial score (nSPS) is 10.3. The third-order valence-electron chi connectivity index (χ3n) is 2.30. The zero-order valence-corrected chi connectivity index (χ0v) is 13.2. The summed E-state index contributed by atoms with van der Waals surface area (Å²) in [5.74, 6) is 0.848. The Balaban J connectivity index is 2.11. The SMILES string of the molecule is COc1ccc(Br)c(NCc2sccc2Br)c1. The van der Waals surface area contributed by atoms with Gasteiger partial charge in [0.25, 0.3) is 0 Å². The van der Waals surface area contributed by atoms with Gasteiger partial charge < -0.3 is 10.1 Å². The van der Waals surface area contributed by atoms with Crippen LogP contribution in [0.15, 0.2) is 38.6 Å². The van der Waals surface area contributed by atoms with Gasteiger partial charge in [-0.1, -0.05) is 0 Å². The highest BCUT2D eigenvalue weighted by atomic mass is 79.9. The molecule has 2 nitrogen and oxygen atoms in total. The number of methoxy groups -OCH3 is 1. The average Bonchev–Trinajstić information content (AvgIpc) is 2.74. The first-order chi connectivity index (χ1) is 8.20. The largest absolute Gasteiger partial charge is 0.497 e. The Bertz CT molecular complexity index is 513. The Kier molecular flexibility index (Phi) is 4.48. The van der Waals surface area contributed by atoms with Crippen molar-refractivity contribution in [3.8, 4) is 5.75 Å².